The zero-order chi connectivity index (χ0) is 10.6. The first-order valence-electron chi connectivity index (χ1n) is 4.17. The molecule has 1 aromatic rings. The minimum atomic E-state index is -0.483. The van der Waals surface area contributed by atoms with Crippen molar-refractivity contribution in [2.24, 2.45) is 5.73 Å². The molecule has 0 aliphatic heterocycles. The quantitative estimate of drug-likeness (QED) is 0.575. The Labute approximate surface area is 82.2 Å². The summed E-state index contributed by atoms with van der Waals surface area (Å²) in [4.78, 5) is 20.9. The number of primary amides is 1. The zero-order valence-corrected chi connectivity index (χ0v) is 7.86. The van der Waals surface area contributed by atoms with Crippen LogP contribution in [0.1, 0.15) is 21.5 Å². The highest BCUT2D eigenvalue weighted by molar-refractivity contribution is 5.90. The third-order valence-electron chi connectivity index (χ3n) is 1.86. The van der Waals surface area contributed by atoms with Crippen molar-refractivity contribution in [1.29, 1.82) is 0 Å². The van der Waals surface area contributed by atoms with Gasteiger partial charge in [0, 0.05) is 11.6 Å². The van der Waals surface area contributed by atoms with Gasteiger partial charge in [-0.3, -0.25) is 9.59 Å². The van der Waals surface area contributed by atoms with E-state index in [2.05, 4.69) is 0 Å². The third-order valence-corrected chi connectivity index (χ3v) is 1.86. The molecule has 0 spiro atoms. The van der Waals surface area contributed by atoms with Crippen molar-refractivity contribution in [3.05, 3.63) is 41.0 Å². The van der Waals surface area contributed by atoms with E-state index in [1.54, 1.807) is 24.3 Å². The van der Waals surface area contributed by atoms with E-state index in [-0.39, 0.29) is 0 Å². The van der Waals surface area contributed by atoms with E-state index in [1.165, 1.54) is 6.08 Å². The van der Waals surface area contributed by atoms with Crippen LogP contribution in [0, 0.1) is 6.92 Å². The maximum absolute atomic E-state index is 10.5. The van der Waals surface area contributed by atoms with Gasteiger partial charge >= 0.3 is 0 Å². The lowest BCUT2D eigenvalue weighted by atomic mass is 10.1. The molecule has 3 heteroatoms. The zero-order valence-electron chi connectivity index (χ0n) is 7.86. The minimum absolute atomic E-state index is 0.483. The molecule has 1 amide bonds. The Morgan fingerprint density at radius 1 is 1.43 bits per heavy atom. The highest BCUT2D eigenvalue weighted by Crippen LogP contribution is 2.11. The molecule has 0 heterocycles. The average molecular weight is 189 g/mol. The van der Waals surface area contributed by atoms with E-state index in [0.29, 0.717) is 5.56 Å². The van der Waals surface area contributed by atoms with Crippen molar-refractivity contribution in [3.63, 3.8) is 0 Å². The van der Waals surface area contributed by atoms with Crippen molar-refractivity contribution in [1.82, 2.24) is 0 Å². The molecule has 1 aromatic carbocycles. The van der Waals surface area contributed by atoms with Crippen LogP contribution >= 0.6 is 0 Å². The summed E-state index contributed by atoms with van der Waals surface area (Å²) < 4.78 is 0. The SMILES string of the molecule is Cc1cc(C=O)ccc1C=CC(N)=O. The summed E-state index contributed by atoms with van der Waals surface area (Å²) in [5.41, 5.74) is 7.41. The third kappa shape index (κ3) is 2.55. The number of benzene rings is 1. The fraction of sp³-hybridized carbons (Fsp3) is 0.0909. The molecule has 0 fully saturated rings. The highest BCUT2D eigenvalue weighted by Gasteiger charge is 1.96. The standard InChI is InChI=1S/C11H11NO2/c1-8-6-9(7-13)2-3-10(8)4-5-11(12)14/h2-7H,1H3,(H2,12,14). The van der Waals surface area contributed by atoms with Crippen LogP contribution in [-0.4, -0.2) is 12.2 Å². The number of amides is 1. The summed E-state index contributed by atoms with van der Waals surface area (Å²) in [6.45, 7) is 1.87. The Bertz CT molecular complexity index is 394. The van der Waals surface area contributed by atoms with Gasteiger partial charge in [-0.25, -0.2) is 0 Å². The summed E-state index contributed by atoms with van der Waals surface area (Å²) in [6.07, 6.45) is 3.71. The number of aldehydes is 1. The number of carbonyl (C=O) groups is 2. The van der Waals surface area contributed by atoms with Gasteiger partial charge in [0.05, 0.1) is 0 Å². The van der Waals surface area contributed by atoms with Gasteiger partial charge in [0.2, 0.25) is 5.91 Å². The lowest BCUT2D eigenvalue weighted by molar-refractivity contribution is -0.113. The molecule has 2 N–H and O–H groups in total. The first kappa shape index (κ1) is 10.2. The Hall–Kier alpha value is -1.90. The first-order valence-corrected chi connectivity index (χ1v) is 4.17. The van der Waals surface area contributed by atoms with Crippen LogP contribution in [0.15, 0.2) is 24.3 Å². The number of rotatable bonds is 3. The molecule has 0 atom stereocenters. The summed E-state index contributed by atoms with van der Waals surface area (Å²) >= 11 is 0. The lowest BCUT2D eigenvalue weighted by Gasteiger charge is -1.99. The van der Waals surface area contributed by atoms with E-state index >= 15 is 0 Å². The number of aryl methyl sites for hydroxylation is 1. The van der Waals surface area contributed by atoms with Gasteiger partial charge in [0.1, 0.15) is 6.29 Å². The first-order chi connectivity index (χ1) is 6.63. The van der Waals surface area contributed by atoms with Crippen LogP contribution in [0.5, 0.6) is 0 Å². The highest BCUT2D eigenvalue weighted by atomic mass is 16.1. The normalized spacial score (nSPS) is 10.4. The van der Waals surface area contributed by atoms with Crippen molar-refractivity contribution in [2.75, 3.05) is 0 Å². The van der Waals surface area contributed by atoms with E-state index in [1.807, 2.05) is 6.92 Å². The van der Waals surface area contributed by atoms with Crippen molar-refractivity contribution in [3.8, 4) is 0 Å². The Morgan fingerprint density at radius 3 is 2.64 bits per heavy atom. The maximum atomic E-state index is 10.5. The molecule has 0 saturated carbocycles. The number of nitrogens with two attached hydrogens (primary N) is 1. The lowest BCUT2D eigenvalue weighted by Crippen LogP contribution is -2.05. The largest absolute Gasteiger partial charge is 0.366 e. The van der Waals surface area contributed by atoms with Gasteiger partial charge in [-0.2, -0.15) is 0 Å². The van der Waals surface area contributed by atoms with Gasteiger partial charge in [-0.15, -0.1) is 0 Å². The van der Waals surface area contributed by atoms with Crippen LogP contribution in [-0.2, 0) is 4.79 Å². The van der Waals surface area contributed by atoms with Crippen LogP contribution in [0.3, 0.4) is 0 Å². The second-order valence-corrected chi connectivity index (χ2v) is 2.97. The molecule has 0 saturated heterocycles. The molecular formula is C11H11NO2. The van der Waals surface area contributed by atoms with Gasteiger partial charge in [0.25, 0.3) is 0 Å². The van der Waals surface area contributed by atoms with Gasteiger partial charge in [-0.05, 0) is 30.2 Å². The predicted molar refractivity (Wildman–Crippen MR) is 54.8 cm³/mol. The maximum Gasteiger partial charge on any atom is 0.241 e. The Morgan fingerprint density at radius 2 is 2.14 bits per heavy atom. The Kier molecular flexibility index (Phi) is 3.18. The minimum Gasteiger partial charge on any atom is -0.366 e. The van der Waals surface area contributed by atoms with Crippen LogP contribution < -0.4 is 5.73 Å². The van der Waals surface area contributed by atoms with E-state index < -0.39 is 5.91 Å². The number of carbonyl (C=O) groups excluding carboxylic acids is 2. The molecule has 0 aliphatic rings. The summed E-state index contributed by atoms with van der Waals surface area (Å²) in [7, 11) is 0. The fourth-order valence-electron chi connectivity index (χ4n) is 1.13. The second-order valence-electron chi connectivity index (χ2n) is 2.97. The molecule has 3 nitrogen and oxygen atoms in total. The molecule has 0 bridgehead atoms. The topological polar surface area (TPSA) is 60.2 Å². The molecule has 72 valence electrons. The molecule has 0 aromatic heterocycles. The van der Waals surface area contributed by atoms with Crippen molar-refractivity contribution < 1.29 is 9.59 Å². The second kappa shape index (κ2) is 4.37. The van der Waals surface area contributed by atoms with E-state index in [9.17, 15) is 9.59 Å². The van der Waals surface area contributed by atoms with Crippen molar-refractivity contribution in [2.45, 2.75) is 6.92 Å². The smallest absolute Gasteiger partial charge is 0.241 e. The Balaban J connectivity index is 3.00. The van der Waals surface area contributed by atoms with Gasteiger partial charge < -0.3 is 5.73 Å². The average Bonchev–Trinajstić information content (AvgIpc) is 2.15. The molecule has 0 aliphatic carbocycles. The van der Waals surface area contributed by atoms with Crippen LogP contribution in [0.4, 0.5) is 0 Å². The summed E-state index contributed by atoms with van der Waals surface area (Å²) in [6, 6.07) is 5.23. The van der Waals surface area contributed by atoms with Gasteiger partial charge in [-0.1, -0.05) is 12.1 Å². The van der Waals surface area contributed by atoms with E-state index in [0.717, 1.165) is 17.4 Å². The molecular weight excluding hydrogens is 178 g/mol. The predicted octanol–water partition coefficient (Wildman–Crippen LogP) is 1.31. The summed E-state index contributed by atoms with van der Waals surface area (Å²) in [5, 5.41) is 0. The summed E-state index contributed by atoms with van der Waals surface area (Å²) in [5.74, 6) is -0.483. The monoisotopic (exact) mass is 189 g/mol. The van der Waals surface area contributed by atoms with Gasteiger partial charge in [0.15, 0.2) is 0 Å². The molecule has 1 rings (SSSR count). The number of hydrogen-bond acceptors (Lipinski definition) is 2. The molecule has 0 unspecified atom stereocenters. The number of hydrogen-bond donors (Lipinski definition) is 1. The van der Waals surface area contributed by atoms with E-state index in [4.69, 9.17) is 5.73 Å². The van der Waals surface area contributed by atoms with Crippen LogP contribution in [0.25, 0.3) is 6.08 Å². The fourth-order valence-corrected chi connectivity index (χ4v) is 1.13. The molecule has 0 radical (unpaired) electrons. The molecule has 14 heavy (non-hydrogen) atoms. The van der Waals surface area contributed by atoms with Crippen LogP contribution in [0.2, 0.25) is 0 Å². The van der Waals surface area contributed by atoms with Crippen molar-refractivity contribution >= 4 is 18.3 Å².